The Balaban J connectivity index is 2.39. The first kappa shape index (κ1) is 14.9. The van der Waals surface area contributed by atoms with E-state index in [1.807, 2.05) is 24.8 Å². The van der Waals surface area contributed by atoms with E-state index in [0.29, 0.717) is 0 Å². The van der Waals surface area contributed by atoms with E-state index in [-0.39, 0.29) is 5.91 Å². The van der Waals surface area contributed by atoms with E-state index in [1.165, 1.54) is 11.1 Å². The molecular formula is C17H25NO2. The predicted molar refractivity (Wildman–Crippen MR) is 82.5 cm³/mol. The topological polar surface area (TPSA) is 29.5 Å². The van der Waals surface area contributed by atoms with Gasteiger partial charge >= 0.3 is 0 Å². The summed E-state index contributed by atoms with van der Waals surface area (Å²) in [6.45, 7) is 10.8. The number of nitrogens with zero attached hydrogens (tertiary/aromatic N) is 1. The highest BCUT2D eigenvalue weighted by Crippen LogP contribution is 2.39. The molecule has 2 rings (SSSR count). The maximum atomic E-state index is 12.6. The molecule has 110 valence electrons. The van der Waals surface area contributed by atoms with Crippen molar-refractivity contribution in [3.8, 4) is 5.75 Å². The molecule has 0 fully saturated rings. The van der Waals surface area contributed by atoms with Gasteiger partial charge < -0.3 is 9.64 Å². The average Bonchev–Trinajstić information content (AvgIpc) is 2.37. The minimum Gasteiger partial charge on any atom is -0.476 e. The molecule has 0 saturated heterocycles. The third-order valence-electron chi connectivity index (χ3n) is 3.98. The number of carbonyl (C=O) groups is 1. The van der Waals surface area contributed by atoms with Gasteiger partial charge in [-0.05, 0) is 57.4 Å². The molecule has 1 aliphatic rings. The maximum absolute atomic E-state index is 12.6. The standard InChI is InChI=1S/C17H25NO2/c1-6-7-8-9-18-14-10-12(2)13(3)11-15(14)20-17(4,5)16(18)19/h10-11H,6-9H2,1-5H3. The molecule has 1 amide bonds. The molecule has 1 aromatic carbocycles. The fourth-order valence-electron chi connectivity index (χ4n) is 2.56. The Bertz CT molecular complexity index is 520. The minimum absolute atomic E-state index is 0.0596. The van der Waals surface area contributed by atoms with Crippen LogP contribution in [0.25, 0.3) is 0 Å². The van der Waals surface area contributed by atoms with Crippen molar-refractivity contribution in [1.82, 2.24) is 0 Å². The quantitative estimate of drug-likeness (QED) is 0.777. The normalized spacial score (nSPS) is 16.9. The summed E-state index contributed by atoms with van der Waals surface area (Å²) < 4.78 is 5.91. The maximum Gasteiger partial charge on any atom is 0.270 e. The zero-order valence-electron chi connectivity index (χ0n) is 13.2. The third-order valence-corrected chi connectivity index (χ3v) is 3.98. The van der Waals surface area contributed by atoms with Crippen LogP contribution in [0, 0.1) is 13.8 Å². The summed E-state index contributed by atoms with van der Waals surface area (Å²) in [6.07, 6.45) is 3.33. The van der Waals surface area contributed by atoms with E-state index in [2.05, 4.69) is 26.8 Å². The lowest BCUT2D eigenvalue weighted by molar-refractivity contribution is -0.132. The Morgan fingerprint density at radius 2 is 1.80 bits per heavy atom. The molecule has 1 aliphatic heterocycles. The van der Waals surface area contributed by atoms with Gasteiger partial charge in [0.15, 0.2) is 5.60 Å². The van der Waals surface area contributed by atoms with Crippen LogP contribution in [-0.4, -0.2) is 18.1 Å². The molecule has 20 heavy (non-hydrogen) atoms. The van der Waals surface area contributed by atoms with E-state index in [1.54, 1.807) is 0 Å². The highest BCUT2D eigenvalue weighted by molar-refractivity contribution is 6.02. The van der Waals surface area contributed by atoms with E-state index in [9.17, 15) is 4.79 Å². The van der Waals surface area contributed by atoms with E-state index in [0.717, 1.165) is 37.2 Å². The first-order valence-electron chi connectivity index (χ1n) is 7.49. The fourth-order valence-corrected chi connectivity index (χ4v) is 2.56. The molecule has 0 N–H and O–H groups in total. The van der Waals surface area contributed by atoms with Crippen LogP contribution in [0.1, 0.15) is 51.2 Å². The van der Waals surface area contributed by atoms with Crippen LogP contribution in [0.15, 0.2) is 12.1 Å². The zero-order valence-corrected chi connectivity index (χ0v) is 13.2. The first-order valence-corrected chi connectivity index (χ1v) is 7.49. The zero-order chi connectivity index (χ0) is 14.9. The Hall–Kier alpha value is -1.51. The number of carbonyl (C=O) groups excluding carboxylic acids is 1. The molecule has 1 aromatic rings. The molecular weight excluding hydrogens is 250 g/mol. The van der Waals surface area contributed by atoms with Gasteiger partial charge in [-0.2, -0.15) is 0 Å². The second-order valence-electron chi connectivity index (χ2n) is 6.18. The van der Waals surface area contributed by atoms with Crippen molar-refractivity contribution in [3.05, 3.63) is 23.3 Å². The van der Waals surface area contributed by atoms with E-state index >= 15 is 0 Å². The van der Waals surface area contributed by atoms with Gasteiger partial charge in [-0.1, -0.05) is 19.8 Å². The van der Waals surface area contributed by atoms with Crippen LogP contribution in [0.3, 0.4) is 0 Å². The van der Waals surface area contributed by atoms with Crippen LogP contribution in [0.4, 0.5) is 5.69 Å². The Labute approximate surface area is 121 Å². The molecule has 3 heteroatoms. The van der Waals surface area contributed by atoms with Gasteiger partial charge in [0, 0.05) is 6.54 Å². The summed E-state index contributed by atoms with van der Waals surface area (Å²) in [7, 11) is 0. The molecule has 0 aromatic heterocycles. The van der Waals surface area contributed by atoms with E-state index in [4.69, 9.17) is 4.74 Å². The van der Waals surface area contributed by atoms with Crippen LogP contribution < -0.4 is 9.64 Å². The number of fused-ring (bicyclic) bond motifs is 1. The molecule has 0 atom stereocenters. The molecule has 0 radical (unpaired) electrons. The fraction of sp³-hybridized carbons (Fsp3) is 0.588. The number of anilines is 1. The lowest BCUT2D eigenvalue weighted by atomic mass is 10.0. The lowest BCUT2D eigenvalue weighted by Gasteiger charge is -2.39. The molecule has 0 bridgehead atoms. The Morgan fingerprint density at radius 1 is 1.15 bits per heavy atom. The van der Waals surface area contributed by atoms with Gasteiger partial charge in [0.2, 0.25) is 0 Å². The number of benzene rings is 1. The average molecular weight is 275 g/mol. The monoisotopic (exact) mass is 275 g/mol. The van der Waals surface area contributed by atoms with Gasteiger partial charge in [0.1, 0.15) is 5.75 Å². The summed E-state index contributed by atoms with van der Waals surface area (Å²) in [5, 5.41) is 0. The molecule has 1 heterocycles. The van der Waals surface area contributed by atoms with Gasteiger partial charge in [-0.15, -0.1) is 0 Å². The van der Waals surface area contributed by atoms with Gasteiger partial charge in [-0.25, -0.2) is 0 Å². The van der Waals surface area contributed by atoms with Gasteiger partial charge in [-0.3, -0.25) is 4.79 Å². The lowest BCUT2D eigenvalue weighted by Crippen LogP contribution is -2.52. The van der Waals surface area contributed by atoms with Gasteiger partial charge in [0.05, 0.1) is 5.69 Å². The second-order valence-corrected chi connectivity index (χ2v) is 6.18. The van der Waals surface area contributed by atoms with Crippen LogP contribution in [0.2, 0.25) is 0 Å². The van der Waals surface area contributed by atoms with E-state index < -0.39 is 5.60 Å². The highest BCUT2D eigenvalue weighted by Gasteiger charge is 2.40. The van der Waals surface area contributed by atoms with Crippen LogP contribution in [0.5, 0.6) is 5.75 Å². The number of aryl methyl sites for hydroxylation is 2. The summed E-state index contributed by atoms with van der Waals surface area (Å²) in [4.78, 5) is 14.5. The van der Waals surface area contributed by atoms with Crippen molar-refractivity contribution < 1.29 is 9.53 Å². The summed E-state index contributed by atoms with van der Waals surface area (Å²) >= 11 is 0. The van der Waals surface area contributed by atoms with Crippen molar-refractivity contribution in [2.24, 2.45) is 0 Å². The molecule has 3 nitrogen and oxygen atoms in total. The minimum atomic E-state index is -0.777. The third kappa shape index (κ3) is 2.67. The number of ether oxygens (including phenoxy) is 1. The molecule has 0 aliphatic carbocycles. The second kappa shape index (κ2) is 5.47. The number of unbranched alkanes of at least 4 members (excludes halogenated alkanes) is 2. The van der Waals surface area contributed by atoms with Gasteiger partial charge in [0.25, 0.3) is 5.91 Å². The van der Waals surface area contributed by atoms with Crippen LogP contribution >= 0.6 is 0 Å². The molecule has 0 unspecified atom stereocenters. The molecule has 0 spiro atoms. The summed E-state index contributed by atoms with van der Waals surface area (Å²) in [5.74, 6) is 0.888. The summed E-state index contributed by atoms with van der Waals surface area (Å²) in [6, 6.07) is 4.12. The Morgan fingerprint density at radius 3 is 2.45 bits per heavy atom. The Kier molecular flexibility index (Phi) is 4.07. The largest absolute Gasteiger partial charge is 0.476 e. The van der Waals surface area contributed by atoms with Crippen molar-refractivity contribution in [2.75, 3.05) is 11.4 Å². The smallest absolute Gasteiger partial charge is 0.270 e. The number of rotatable bonds is 4. The summed E-state index contributed by atoms with van der Waals surface area (Å²) in [5.41, 5.74) is 2.54. The van der Waals surface area contributed by atoms with Crippen molar-refractivity contribution in [3.63, 3.8) is 0 Å². The number of hydrogen-bond donors (Lipinski definition) is 0. The number of hydrogen-bond acceptors (Lipinski definition) is 2. The van der Waals surface area contributed by atoms with Crippen molar-refractivity contribution in [2.45, 2.75) is 59.5 Å². The van der Waals surface area contributed by atoms with Crippen LogP contribution in [-0.2, 0) is 4.79 Å². The molecule has 0 saturated carbocycles. The van der Waals surface area contributed by atoms with Crippen molar-refractivity contribution >= 4 is 11.6 Å². The number of amides is 1. The van der Waals surface area contributed by atoms with Crippen molar-refractivity contribution in [1.29, 1.82) is 0 Å². The highest BCUT2D eigenvalue weighted by atomic mass is 16.5. The first-order chi connectivity index (χ1) is 9.36. The predicted octanol–water partition coefficient (Wildman–Crippen LogP) is 4.00. The SMILES string of the molecule is CCCCCN1C(=O)C(C)(C)Oc2cc(C)c(C)cc21.